The third-order valence-corrected chi connectivity index (χ3v) is 4.29. The van der Waals surface area contributed by atoms with Gasteiger partial charge in [0.1, 0.15) is 12.0 Å². The number of nitrogens with zero attached hydrogens (tertiary/aromatic N) is 5. The van der Waals surface area contributed by atoms with Crippen molar-refractivity contribution in [3.8, 4) is 11.3 Å². The average Bonchev–Trinajstić information content (AvgIpc) is 3.22. The molecule has 0 radical (unpaired) electrons. The van der Waals surface area contributed by atoms with Crippen LogP contribution in [0.2, 0.25) is 5.02 Å². The molecule has 0 atom stereocenters. The van der Waals surface area contributed by atoms with Gasteiger partial charge >= 0.3 is 0 Å². The van der Waals surface area contributed by atoms with E-state index in [9.17, 15) is 4.79 Å². The third kappa shape index (κ3) is 4.21. The van der Waals surface area contributed by atoms with Crippen molar-refractivity contribution in [2.75, 3.05) is 5.32 Å². The maximum absolute atomic E-state index is 12.6. The molecule has 0 spiro atoms. The number of nitrogens with one attached hydrogen (secondary N) is 1. The van der Waals surface area contributed by atoms with Crippen molar-refractivity contribution in [2.45, 2.75) is 6.54 Å². The van der Waals surface area contributed by atoms with Crippen LogP contribution in [0.25, 0.3) is 11.3 Å². The van der Waals surface area contributed by atoms with Gasteiger partial charge in [-0.1, -0.05) is 41.9 Å². The summed E-state index contributed by atoms with van der Waals surface area (Å²) in [6.07, 6.45) is 1.54. The van der Waals surface area contributed by atoms with E-state index < -0.39 is 0 Å². The first-order valence-corrected chi connectivity index (χ1v) is 8.89. The van der Waals surface area contributed by atoms with Crippen LogP contribution < -0.4 is 5.32 Å². The van der Waals surface area contributed by atoms with Crippen molar-refractivity contribution in [2.24, 2.45) is 0 Å². The number of carbonyl (C=O) groups is 1. The van der Waals surface area contributed by atoms with Gasteiger partial charge in [-0.15, -0.1) is 5.10 Å². The summed E-state index contributed by atoms with van der Waals surface area (Å²) >= 11 is 5.93. The van der Waals surface area contributed by atoms with Crippen LogP contribution in [0.1, 0.15) is 16.1 Å². The fourth-order valence-corrected chi connectivity index (χ4v) is 2.85. The van der Waals surface area contributed by atoms with Gasteiger partial charge in [0, 0.05) is 16.3 Å². The zero-order chi connectivity index (χ0) is 19.3. The number of rotatable bonds is 5. The first-order valence-electron chi connectivity index (χ1n) is 8.51. The SMILES string of the molecule is O=C(Nc1cccc(Cn2cnnn2)c1)c1cccc(-c2ccc(Cl)cc2)n1. The Bertz CT molecular complexity index is 1100. The topological polar surface area (TPSA) is 85.6 Å². The molecule has 0 unspecified atom stereocenters. The zero-order valence-corrected chi connectivity index (χ0v) is 15.4. The molecular weight excluding hydrogens is 376 g/mol. The van der Waals surface area contributed by atoms with Crippen LogP contribution >= 0.6 is 11.6 Å². The zero-order valence-electron chi connectivity index (χ0n) is 14.7. The van der Waals surface area contributed by atoms with Crippen molar-refractivity contribution in [3.63, 3.8) is 0 Å². The first-order chi connectivity index (χ1) is 13.7. The molecule has 2 aromatic heterocycles. The molecule has 0 saturated carbocycles. The van der Waals surface area contributed by atoms with Crippen molar-refractivity contribution < 1.29 is 4.79 Å². The molecule has 0 fully saturated rings. The maximum Gasteiger partial charge on any atom is 0.274 e. The van der Waals surface area contributed by atoms with Crippen molar-refractivity contribution in [1.82, 2.24) is 25.2 Å². The number of halogens is 1. The Morgan fingerprint density at radius 2 is 1.86 bits per heavy atom. The maximum atomic E-state index is 12.6. The normalized spacial score (nSPS) is 10.6. The van der Waals surface area contributed by atoms with E-state index in [2.05, 4.69) is 25.8 Å². The van der Waals surface area contributed by atoms with Crippen LogP contribution in [0.3, 0.4) is 0 Å². The summed E-state index contributed by atoms with van der Waals surface area (Å²) in [6.45, 7) is 0.515. The van der Waals surface area contributed by atoms with E-state index in [4.69, 9.17) is 11.6 Å². The molecular formula is C20H15ClN6O. The summed E-state index contributed by atoms with van der Waals surface area (Å²) < 4.78 is 1.61. The lowest BCUT2D eigenvalue weighted by atomic mass is 10.1. The monoisotopic (exact) mass is 390 g/mol. The molecule has 4 aromatic rings. The smallest absolute Gasteiger partial charge is 0.274 e. The van der Waals surface area contributed by atoms with E-state index in [0.717, 1.165) is 11.1 Å². The van der Waals surface area contributed by atoms with Gasteiger partial charge in [-0.05, 0) is 52.4 Å². The second kappa shape index (κ2) is 7.98. The summed E-state index contributed by atoms with van der Waals surface area (Å²) in [7, 11) is 0. The van der Waals surface area contributed by atoms with Crippen LogP contribution in [-0.2, 0) is 6.54 Å². The number of anilines is 1. The summed E-state index contributed by atoms with van der Waals surface area (Å²) in [6, 6.07) is 20.2. The van der Waals surface area contributed by atoms with Crippen molar-refractivity contribution in [1.29, 1.82) is 0 Å². The Labute approximate surface area is 166 Å². The second-order valence-electron chi connectivity index (χ2n) is 6.08. The summed E-state index contributed by atoms with van der Waals surface area (Å²) in [5, 5.41) is 14.6. The molecule has 0 saturated heterocycles. The van der Waals surface area contributed by atoms with Gasteiger partial charge in [0.15, 0.2) is 0 Å². The second-order valence-corrected chi connectivity index (χ2v) is 6.51. The Kier molecular flexibility index (Phi) is 5.07. The van der Waals surface area contributed by atoms with Gasteiger partial charge in [-0.3, -0.25) is 4.79 Å². The largest absolute Gasteiger partial charge is 0.321 e. The van der Waals surface area contributed by atoms with E-state index >= 15 is 0 Å². The number of carbonyl (C=O) groups excluding carboxylic acids is 1. The highest BCUT2D eigenvalue weighted by Crippen LogP contribution is 2.20. The van der Waals surface area contributed by atoms with Gasteiger partial charge in [-0.25, -0.2) is 9.67 Å². The lowest BCUT2D eigenvalue weighted by molar-refractivity contribution is 0.102. The van der Waals surface area contributed by atoms with Gasteiger partial charge < -0.3 is 5.32 Å². The molecule has 28 heavy (non-hydrogen) atoms. The minimum absolute atomic E-state index is 0.282. The van der Waals surface area contributed by atoms with Crippen molar-refractivity contribution in [3.05, 3.63) is 89.3 Å². The molecule has 0 bridgehead atoms. The number of hydrogen-bond donors (Lipinski definition) is 1. The van der Waals surface area contributed by atoms with Gasteiger partial charge in [-0.2, -0.15) is 0 Å². The number of aromatic nitrogens is 5. The highest BCUT2D eigenvalue weighted by molar-refractivity contribution is 6.30. The highest BCUT2D eigenvalue weighted by Gasteiger charge is 2.10. The minimum Gasteiger partial charge on any atom is -0.321 e. The van der Waals surface area contributed by atoms with Crippen LogP contribution in [-0.4, -0.2) is 31.1 Å². The lowest BCUT2D eigenvalue weighted by Crippen LogP contribution is -2.14. The standard InChI is InChI=1S/C20H15ClN6O/c21-16-9-7-15(8-10-16)18-5-2-6-19(24-18)20(28)23-17-4-1-3-14(11-17)12-27-13-22-25-26-27/h1-11,13H,12H2,(H,23,28). The molecule has 0 aliphatic rings. The first kappa shape index (κ1) is 17.8. The Hall–Kier alpha value is -3.58. The van der Waals surface area contributed by atoms with Crippen molar-refractivity contribution >= 4 is 23.2 Å². The quantitative estimate of drug-likeness (QED) is 0.561. The van der Waals surface area contributed by atoms with E-state index in [1.165, 1.54) is 6.33 Å². The van der Waals surface area contributed by atoms with E-state index in [1.54, 1.807) is 28.9 Å². The van der Waals surface area contributed by atoms with Gasteiger partial charge in [0.05, 0.1) is 12.2 Å². The summed E-state index contributed by atoms with van der Waals surface area (Å²) in [5.74, 6) is -0.282. The molecule has 0 aliphatic heterocycles. The number of hydrogen-bond acceptors (Lipinski definition) is 5. The van der Waals surface area contributed by atoms with E-state index in [1.807, 2.05) is 42.5 Å². The third-order valence-electron chi connectivity index (χ3n) is 4.04. The van der Waals surface area contributed by atoms with Gasteiger partial charge in [0.25, 0.3) is 5.91 Å². The number of benzene rings is 2. The summed E-state index contributed by atoms with van der Waals surface area (Å²) in [5.41, 5.74) is 3.57. The lowest BCUT2D eigenvalue weighted by Gasteiger charge is -2.08. The highest BCUT2D eigenvalue weighted by atomic mass is 35.5. The number of pyridine rings is 1. The van der Waals surface area contributed by atoms with Crippen LogP contribution in [0.15, 0.2) is 73.1 Å². The fraction of sp³-hybridized carbons (Fsp3) is 0.0500. The minimum atomic E-state index is -0.282. The predicted molar refractivity (Wildman–Crippen MR) is 106 cm³/mol. The van der Waals surface area contributed by atoms with Crippen LogP contribution in [0.5, 0.6) is 0 Å². The van der Waals surface area contributed by atoms with Crippen LogP contribution in [0.4, 0.5) is 5.69 Å². The molecule has 138 valence electrons. The number of amides is 1. The molecule has 2 aromatic carbocycles. The molecule has 1 amide bonds. The molecule has 0 aliphatic carbocycles. The number of tetrazole rings is 1. The Balaban J connectivity index is 1.51. The molecule has 2 heterocycles. The van der Waals surface area contributed by atoms with E-state index in [-0.39, 0.29) is 5.91 Å². The summed E-state index contributed by atoms with van der Waals surface area (Å²) in [4.78, 5) is 17.1. The van der Waals surface area contributed by atoms with Crippen LogP contribution in [0, 0.1) is 0 Å². The molecule has 7 nitrogen and oxygen atoms in total. The van der Waals surface area contributed by atoms with E-state index in [0.29, 0.717) is 28.6 Å². The average molecular weight is 391 g/mol. The Morgan fingerprint density at radius 1 is 1.04 bits per heavy atom. The predicted octanol–water partition coefficient (Wildman–Crippen LogP) is 3.69. The molecule has 4 rings (SSSR count). The Morgan fingerprint density at radius 3 is 2.64 bits per heavy atom. The molecule has 8 heteroatoms. The molecule has 1 N–H and O–H groups in total. The fourth-order valence-electron chi connectivity index (χ4n) is 2.72. The van der Waals surface area contributed by atoms with Gasteiger partial charge in [0.2, 0.25) is 0 Å².